The summed E-state index contributed by atoms with van der Waals surface area (Å²) in [7, 11) is -3.48. The van der Waals surface area contributed by atoms with E-state index >= 15 is 0 Å². The van der Waals surface area contributed by atoms with Crippen molar-refractivity contribution in [1.29, 1.82) is 0 Å². The third-order valence-electron chi connectivity index (χ3n) is 4.01. The average molecular weight is 356 g/mol. The van der Waals surface area contributed by atoms with Crippen LogP contribution in [-0.4, -0.2) is 45.6 Å². The van der Waals surface area contributed by atoms with E-state index in [4.69, 9.17) is 4.74 Å². The minimum Gasteiger partial charge on any atom is -0.494 e. The molecule has 1 aliphatic rings. The van der Waals surface area contributed by atoms with E-state index in [9.17, 15) is 8.42 Å². The Balaban J connectivity index is 2.10. The summed E-state index contributed by atoms with van der Waals surface area (Å²) in [6.45, 7) is 8.56. The molecule has 1 unspecified atom stereocenters. The van der Waals surface area contributed by atoms with E-state index in [2.05, 4.69) is 14.3 Å². The molecule has 1 aliphatic heterocycles. The van der Waals surface area contributed by atoms with Crippen molar-refractivity contribution >= 4 is 10.2 Å². The van der Waals surface area contributed by atoms with Gasteiger partial charge in [-0.25, -0.2) is 4.72 Å². The molecule has 24 heavy (non-hydrogen) atoms. The van der Waals surface area contributed by atoms with Gasteiger partial charge in [0.2, 0.25) is 0 Å². The van der Waals surface area contributed by atoms with E-state index in [0.717, 1.165) is 37.2 Å². The Hall–Kier alpha value is -1.15. The Kier molecular flexibility index (Phi) is 7.03. The molecule has 1 aromatic carbocycles. The molecular weight excluding hydrogens is 326 g/mol. The highest BCUT2D eigenvalue weighted by atomic mass is 32.2. The van der Waals surface area contributed by atoms with E-state index in [1.54, 1.807) is 0 Å². The molecule has 0 aliphatic carbocycles. The predicted octanol–water partition coefficient (Wildman–Crippen LogP) is 2.05. The monoisotopic (exact) mass is 355 g/mol. The normalized spacial score (nSPS) is 17.3. The first-order chi connectivity index (χ1) is 11.4. The molecule has 0 spiro atoms. The SMILES string of the molecule is CCOc1ccc(C(CNS(=O)(=O)NC(C)C)N2CCCC2)cc1. The van der Waals surface area contributed by atoms with Crippen LogP contribution in [-0.2, 0) is 10.2 Å². The summed E-state index contributed by atoms with van der Waals surface area (Å²) in [5.74, 6) is 0.837. The fourth-order valence-corrected chi connectivity index (χ4v) is 4.09. The lowest BCUT2D eigenvalue weighted by atomic mass is 10.1. The van der Waals surface area contributed by atoms with Crippen LogP contribution in [0.4, 0.5) is 0 Å². The molecule has 0 radical (unpaired) electrons. The second-order valence-electron chi connectivity index (χ2n) is 6.39. The van der Waals surface area contributed by atoms with Gasteiger partial charge in [-0.05, 0) is 64.4 Å². The van der Waals surface area contributed by atoms with Gasteiger partial charge in [-0.1, -0.05) is 12.1 Å². The molecule has 0 bridgehead atoms. The number of nitrogens with zero attached hydrogens (tertiary/aromatic N) is 1. The van der Waals surface area contributed by atoms with Crippen LogP contribution >= 0.6 is 0 Å². The van der Waals surface area contributed by atoms with Crippen LogP contribution < -0.4 is 14.2 Å². The first kappa shape index (κ1) is 19.2. The van der Waals surface area contributed by atoms with Gasteiger partial charge in [-0.2, -0.15) is 13.1 Å². The standard InChI is InChI=1S/C17H29N3O3S/c1-4-23-16-9-7-15(8-10-16)17(20-11-5-6-12-20)13-18-24(21,22)19-14(2)3/h7-10,14,17-19H,4-6,11-13H2,1-3H3. The summed E-state index contributed by atoms with van der Waals surface area (Å²) < 4.78 is 34.9. The third-order valence-corrected chi connectivity index (χ3v) is 5.34. The Morgan fingerprint density at radius 2 is 1.79 bits per heavy atom. The van der Waals surface area contributed by atoms with Crippen LogP contribution in [0.15, 0.2) is 24.3 Å². The molecule has 1 atom stereocenters. The lowest BCUT2D eigenvalue weighted by molar-refractivity contribution is 0.246. The molecule has 6 nitrogen and oxygen atoms in total. The zero-order valence-electron chi connectivity index (χ0n) is 14.8. The number of likely N-dealkylation sites (tertiary alicyclic amines) is 1. The Morgan fingerprint density at radius 3 is 2.33 bits per heavy atom. The topological polar surface area (TPSA) is 70.7 Å². The highest BCUT2D eigenvalue weighted by Crippen LogP contribution is 2.26. The van der Waals surface area contributed by atoms with Crippen molar-refractivity contribution in [1.82, 2.24) is 14.3 Å². The number of ether oxygens (including phenoxy) is 1. The van der Waals surface area contributed by atoms with Crippen molar-refractivity contribution in [3.05, 3.63) is 29.8 Å². The molecule has 2 N–H and O–H groups in total. The second kappa shape index (κ2) is 8.80. The first-order valence-corrected chi connectivity index (χ1v) is 10.1. The molecule has 1 heterocycles. The molecule has 7 heteroatoms. The van der Waals surface area contributed by atoms with Gasteiger partial charge in [0, 0.05) is 18.6 Å². The van der Waals surface area contributed by atoms with Gasteiger partial charge in [0.25, 0.3) is 10.2 Å². The maximum atomic E-state index is 12.1. The van der Waals surface area contributed by atoms with Gasteiger partial charge in [0.05, 0.1) is 6.61 Å². The van der Waals surface area contributed by atoms with Crippen LogP contribution in [0.1, 0.15) is 45.2 Å². The number of benzene rings is 1. The zero-order valence-corrected chi connectivity index (χ0v) is 15.6. The van der Waals surface area contributed by atoms with Gasteiger partial charge < -0.3 is 4.74 Å². The number of hydrogen-bond donors (Lipinski definition) is 2. The molecule has 0 aromatic heterocycles. The molecule has 0 saturated carbocycles. The summed E-state index contributed by atoms with van der Waals surface area (Å²) in [5.41, 5.74) is 1.10. The zero-order chi connectivity index (χ0) is 17.6. The summed E-state index contributed by atoms with van der Waals surface area (Å²) in [4.78, 5) is 2.34. The Morgan fingerprint density at radius 1 is 1.17 bits per heavy atom. The van der Waals surface area contributed by atoms with Gasteiger partial charge in [-0.3, -0.25) is 4.90 Å². The van der Waals surface area contributed by atoms with E-state index in [1.807, 2.05) is 45.0 Å². The highest BCUT2D eigenvalue weighted by Gasteiger charge is 2.25. The minimum absolute atomic E-state index is 0.0342. The molecule has 136 valence electrons. The van der Waals surface area contributed by atoms with E-state index in [0.29, 0.717) is 13.2 Å². The maximum absolute atomic E-state index is 12.1. The van der Waals surface area contributed by atoms with Crippen molar-refractivity contribution in [2.24, 2.45) is 0 Å². The van der Waals surface area contributed by atoms with E-state index in [-0.39, 0.29) is 12.1 Å². The highest BCUT2D eigenvalue weighted by molar-refractivity contribution is 7.87. The summed E-state index contributed by atoms with van der Waals surface area (Å²) >= 11 is 0. The van der Waals surface area contributed by atoms with Crippen molar-refractivity contribution in [3.63, 3.8) is 0 Å². The average Bonchev–Trinajstić information content (AvgIpc) is 3.02. The maximum Gasteiger partial charge on any atom is 0.277 e. The predicted molar refractivity (Wildman–Crippen MR) is 96.4 cm³/mol. The fraction of sp³-hybridized carbons (Fsp3) is 0.647. The van der Waals surface area contributed by atoms with Crippen molar-refractivity contribution in [2.45, 2.75) is 45.7 Å². The van der Waals surface area contributed by atoms with Crippen LogP contribution in [0.3, 0.4) is 0 Å². The van der Waals surface area contributed by atoms with Crippen molar-refractivity contribution in [3.8, 4) is 5.75 Å². The molecule has 1 aromatic rings. The Labute approximate surface area is 145 Å². The lowest BCUT2D eigenvalue weighted by Gasteiger charge is -2.28. The largest absolute Gasteiger partial charge is 0.494 e. The first-order valence-electron chi connectivity index (χ1n) is 8.65. The van der Waals surface area contributed by atoms with Crippen LogP contribution in [0.2, 0.25) is 0 Å². The van der Waals surface area contributed by atoms with Crippen molar-refractivity contribution in [2.75, 3.05) is 26.2 Å². The summed E-state index contributed by atoms with van der Waals surface area (Å²) in [6.07, 6.45) is 2.31. The molecule has 1 fully saturated rings. The van der Waals surface area contributed by atoms with Gasteiger partial charge in [0.15, 0.2) is 0 Å². The smallest absolute Gasteiger partial charge is 0.277 e. The number of rotatable bonds is 9. The van der Waals surface area contributed by atoms with E-state index < -0.39 is 10.2 Å². The van der Waals surface area contributed by atoms with Gasteiger partial charge in [0.1, 0.15) is 5.75 Å². The second-order valence-corrected chi connectivity index (χ2v) is 7.92. The number of nitrogens with one attached hydrogen (secondary N) is 2. The third kappa shape index (κ3) is 5.73. The minimum atomic E-state index is -3.48. The number of hydrogen-bond acceptors (Lipinski definition) is 4. The Bertz CT molecular complexity index is 596. The molecular formula is C17H29N3O3S. The molecule has 1 saturated heterocycles. The van der Waals surface area contributed by atoms with E-state index in [1.165, 1.54) is 0 Å². The molecule has 0 amide bonds. The molecule has 2 rings (SSSR count). The van der Waals surface area contributed by atoms with Crippen LogP contribution in [0, 0.1) is 0 Å². The lowest BCUT2D eigenvalue weighted by Crippen LogP contribution is -2.44. The van der Waals surface area contributed by atoms with Crippen molar-refractivity contribution < 1.29 is 13.2 Å². The summed E-state index contributed by atoms with van der Waals surface area (Å²) in [5, 5.41) is 0. The van der Waals surface area contributed by atoms with Crippen LogP contribution in [0.5, 0.6) is 5.75 Å². The van der Waals surface area contributed by atoms with Gasteiger partial charge >= 0.3 is 0 Å². The fourth-order valence-electron chi connectivity index (χ4n) is 3.00. The summed E-state index contributed by atoms with van der Waals surface area (Å²) in [6, 6.07) is 7.85. The van der Waals surface area contributed by atoms with Crippen LogP contribution in [0.25, 0.3) is 0 Å². The quantitative estimate of drug-likeness (QED) is 0.711. The van der Waals surface area contributed by atoms with Gasteiger partial charge in [-0.15, -0.1) is 0 Å².